The van der Waals surface area contributed by atoms with Crippen LogP contribution in [0.3, 0.4) is 0 Å². The maximum Gasteiger partial charge on any atom is 0.228 e. The first kappa shape index (κ1) is 20.7. The van der Waals surface area contributed by atoms with Crippen molar-refractivity contribution in [2.24, 2.45) is 0 Å². The standard InChI is InChI=1S/C23H22FN9/c1-26-19(4-8-25)30-23-28-10-6-17(29-23)15-7-11-33-20(12-15)31-32-21(33)13-18-22(24)16(5-9-27-18)14-2-3-14/h4-12,14,25-26H,2-3,13H2,1H3,(H,28,29,30)/b19-4+,25-8?. The van der Waals surface area contributed by atoms with Crippen LogP contribution in [0.4, 0.5) is 10.3 Å². The molecule has 166 valence electrons. The molecule has 0 spiro atoms. The molecule has 0 atom stereocenters. The van der Waals surface area contributed by atoms with Gasteiger partial charge in [-0.25, -0.2) is 14.4 Å². The van der Waals surface area contributed by atoms with E-state index in [9.17, 15) is 4.39 Å². The minimum absolute atomic E-state index is 0.229. The minimum atomic E-state index is -0.229. The van der Waals surface area contributed by atoms with Crippen molar-refractivity contribution in [2.75, 3.05) is 12.4 Å². The lowest BCUT2D eigenvalue weighted by molar-refractivity contribution is 0.585. The second-order valence-corrected chi connectivity index (χ2v) is 7.76. The highest BCUT2D eigenvalue weighted by Gasteiger charge is 2.28. The van der Waals surface area contributed by atoms with Gasteiger partial charge in [-0.3, -0.25) is 9.38 Å². The van der Waals surface area contributed by atoms with Gasteiger partial charge in [0, 0.05) is 37.4 Å². The number of rotatable bonds is 8. The van der Waals surface area contributed by atoms with Gasteiger partial charge in [-0.15, -0.1) is 10.2 Å². The summed E-state index contributed by atoms with van der Waals surface area (Å²) in [5, 5.41) is 21.7. The Balaban J connectivity index is 1.41. The number of halogens is 1. The SMILES string of the molecule is CN/C(=C\C=N)Nc1nccc(-c2ccn3c(Cc4nccc(C5CC5)c4F)nnc3c2)n1. The Hall–Kier alpha value is -4.21. The molecule has 1 saturated carbocycles. The van der Waals surface area contributed by atoms with E-state index in [-0.39, 0.29) is 12.2 Å². The maximum absolute atomic E-state index is 14.9. The molecule has 10 heteroatoms. The van der Waals surface area contributed by atoms with Crippen LogP contribution in [-0.2, 0) is 6.42 Å². The molecule has 5 rings (SSSR count). The summed E-state index contributed by atoms with van der Waals surface area (Å²) >= 11 is 0. The zero-order valence-electron chi connectivity index (χ0n) is 18.0. The molecule has 0 saturated heterocycles. The predicted octanol–water partition coefficient (Wildman–Crippen LogP) is 3.31. The maximum atomic E-state index is 14.9. The van der Waals surface area contributed by atoms with Crippen LogP contribution in [0.25, 0.3) is 16.9 Å². The molecular formula is C23H22FN9. The monoisotopic (exact) mass is 443 g/mol. The lowest BCUT2D eigenvalue weighted by Crippen LogP contribution is -2.16. The molecule has 1 aliphatic rings. The molecule has 0 aliphatic heterocycles. The van der Waals surface area contributed by atoms with E-state index < -0.39 is 0 Å². The van der Waals surface area contributed by atoms with Crippen molar-refractivity contribution in [3.63, 3.8) is 0 Å². The Morgan fingerprint density at radius 3 is 2.85 bits per heavy atom. The molecule has 4 aromatic rings. The van der Waals surface area contributed by atoms with Crippen molar-refractivity contribution in [3.05, 3.63) is 77.7 Å². The van der Waals surface area contributed by atoms with E-state index in [4.69, 9.17) is 5.41 Å². The predicted molar refractivity (Wildman–Crippen MR) is 123 cm³/mol. The summed E-state index contributed by atoms with van der Waals surface area (Å²) in [4.78, 5) is 13.0. The zero-order valence-corrected chi connectivity index (χ0v) is 18.0. The fourth-order valence-corrected chi connectivity index (χ4v) is 3.68. The molecule has 1 aliphatic carbocycles. The number of anilines is 1. The topological polar surface area (TPSA) is 117 Å². The van der Waals surface area contributed by atoms with Crippen LogP contribution in [0, 0.1) is 11.2 Å². The number of fused-ring (bicyclic) bond motifs is 1. The van der Waals surface area contributed by atoms with Gasteiger partial charge in [-0.1, -0.05) is 0 Å². The van der Waals surface area contributed by atoms with Gasteiger partial charge >= 0.3 is 0 Å². The average molecular weight is 443 g/mol. The van der Waals surface area contributed by atoms with Gasteiger partial charge in [0.25, 0.3) is 0 Å². The third kappa shape index (κ3) is 4.27. The minimum Gasteiger partial charge on any atom is -0.375 e. The first-order chi connectivity index (χ1) is 16.2. The van der Waals surface area contributed by atoms with Crippen LogP contribution in [0.1, 0.15) is 35.8 Å². The number of hydrogen-bond donors (Lipinski definition) is 3. The van der Waals surface area contributed by atoms with Crippen molar-refractivity contribution in [1.29, 1.82) is 5.41 Å². The lowest BCUT2D eigenvalue weighted by Gasteiger charge is -2.09. The third-order valence-corrected chi connectivity index (χ3v) is 5.53. The van der Waals surface area contributed by atoms with E-state index in [1.54, 1.807) is 37.7 Å². The van der Waals surface area contributed by atoms with Crippen LogP contribution >= 0.6 is 0 Å². The highest BCUT2D eigenvalue weighted by Crippen LogP contribution is 2.41. The number of allylic oxidation sites excluding steroid dienone is 1. The van der Waals surface area contributed by atoms with Crippen molar-refractivity contribution in [3.8, 4) is 11.3 Å². The Morgan fingerprint density at radius 2 is 2.06 bits per heavy atom. The van der Waals surface area contributed by atoms with Crippen molar-refractivity contribution < 1.29 is 4.39 Å². The molecular weight excluding hydrogens is 421 g/mol. The Labute approximate surface area is 189 Å². The summed E-state index contributed by atoms with van der Waals surface area (Å²) < 4.78 is 16.7. The van der Waals surface area contributed by atoms with E-state index in [1.165, 1.54) is 6.21 Å². The Kier molecular flexibility index (Phi) is 5.47. The Morgan fingerprint density at radius 1 is 1.21 bits per heavy atom. The fourth-order valence-electron chi connectivity index (χ4n) is 3.68. The number of nitrogens with one attached hydrogen (secondary N) is 3. The van der Waals surface area contributed by atoms with E-state index in [0.717, 1.165) is 24.0 Å². The highest BCUT2D eigenvalue weighted by atomic mass is 19.1. The highest BCUT2D eigenvalue weighted by molar-refractivity contribution is 5.70. The summed E-state index contributed by atoms with van der Waals surface area (Å²) in [6, 6.07) is 7.36. The number of pyridine rings is 2. The second kappa shape index (κ2) is 8.73. The van der Waals surface area contributed by atoms with Gasteiger partial charge < -0.3 is 16.0 Å². The molecule has 33 heavy (non-hydrogen) atoms. The van der Waals surface area contributed by atoms with Crippen LogP contribution in [-0.4, -0.2) is 42.8 Å². The second-order valence-electron chi connectivity index (χ2n) is 7.76. The van der Waals surface area contributed by atoms with E-state index >= 15 is 0 Å². The molecule has 0 radical (unpaired) electrons. The van der Waals surface area contributed by atoms with E-state index in [2.05, 4.69) is 35.8 Å². The molecule has 9 nitrogen and oxygen atoms in total. The number of nitrogens with zero attached hydrogens (tertiary/aromatic N) is 6. The zero-order chi connectivity index (χ0) is 22.8. The van der Waals surface area contributed by atoms with Crippen molar-refractivity contribution >= 4 is 17.8 Å². The van der Waals surface area contributed by atoms with Gasteiger partial charge in [0.2, 0.25) is 5.95 Å². The van der Waals surface area contributed by atoms with Gasteiger partial charge in [-0.05, 0) is 54.7 Å². The Bertz CT molecular complexity index is 1360. The molecule has 4 aromatic heterocycles. The normalized spacial score (nSPS) is 13.8. The van der Waals surface area contributed by atoms with Gasteiger partial charge in [-0.2, -0.15) is 0 Å². The first-order valence-corrected chi connectivity index (χ1v) is 10.6. The third-order valence-electron chi connectivity index (χ3n) is 5.53. The van der Waals surface area contributed by atoms with Gasteiger partial charge in [0.1, 0.15) is 17.5 Å². The largest absolute Gasteiger partial charge is 0.375 e. The van der Waals surface area contributed by atoms with Crippen LogP contribution in [0.15, 0.2) is 54.8 Å². The molecule has 0 bridgehead atoms. The molecule has 0 amide bonds. The van der Waals surface area contributed by atoms with Crippen LogP contribution < -0.4 is 10.6 Å². The fraction of sp³-hybridized carbons (Fsp3) is 0.217. The van der Waals surface area contributed by atoms with E-state index in [0.29, 0.717) is 40.5 Å². The van der Waals surface area contributed by atoms with Crippen molar-refractivity contribution in [2.45, 2.75) is 25.2 Å². The summed E-state index contributed by atoms with van der Waals surface area (Å²) in [5.74, 6) is 1.71. The number of aromatic nitrogens is 6. The van der Waals surface area contributed by atoms with E-state index in [1.807, 2.05) is 22.7 Å². The summed E-state index contributed by atoms with van der Waals surface area (Å²) in [7, 11) is 1.74. The molecule has 0 aromatic carbocycles. The quantitative estimate of drug-likeness (QED) is 0.358. The summed E-state index contributed by atoms with van der Waals surface area (Å²) in [6.45, 7) is 0. The summed E-state index contributed by atoms with van der Waals surface area (Å²) in [5.41, 5.74) is 3.32. The molecule has 4 heterocycles. The van der Waals surface area contributed by atoms with Gasteiger partial charge in [0.05, 0.1) is 17.8 Å². The van der Waals surface area contributed by atoms with Crippen LogP contribution in [0.2, 0.25) is 0 Å². The molecule has 0 unspecified atom stereocenters. The van der Waals surface area contributed by atoms with Crippen LogP contribution in [0.5, 0.6) is 0 Å². The molecule has 3 N–H and O–H groups in total. The first-order valence-electron chi connectivity index (χ1n) is 10.6. The number of hydrogen-bond acceptors (Lipinski definition) is 8. The average Bonchev–Trinajstić information content (AvgIpc) is 3.61. The smallest absolute Gasteiger partial charge is 0.228 e. The summed E-state index contributed by atoms with van der Waals surface area (Å²) in [6.07, 6.45) is 10.3. The lowest BCUT2D eigenvalue weighted by atomic mass is 10.1. The van der Waals surface area contributed by atoms with Gasteiger partial charge in [0.15, 0.2) is 5.65 Å². The molecule has 1 fully saturated rings. The van der Waals surface area contributed by atoms with Crippen molar-refractivity contribution in [1.82, 2.24) is 34.9 Å².